The maximum Gasteiger partial charge on any atom is 0.311 e. The van der Waals surface area contributed by atoms with E-state index in [0.29, 0.717) is 37.5 Å². The molecule has 41 heavy (non-hydrogen) atoms. The summed E-state index contributed by atoms with van der Waals surface area (Å²) in [6.45, 7) is 5.09. The molecule has 9 nitrogen and oxygen atoms in total. The summed E-state index contributed by atoms with van der Waals surface area (Å²) in [5, 5.41) is 0. The number of carbonyl (C=O) groups is 1. The fraction of sp³-hybridized carbons (Fsp3) is 0.594. The number of pyridine rings is 1. The van der Waals surface area contributed by atoms with Crippen LogP contribution in [0.15, 0.2) is 35.3 Å². The number of esters is 1. The Labute approximate surface area is 241 Å². The van der Waals surface area contributed by atoms with Crippen LogP contribution < -0.4 is 10.3 Å². The van der Waals surface area contributed by atoms with E-state index in [1.165, 1.54) is 0 Å². The molecule has 9 heteroatoms. The van der Waals surface area contributed by atoms with Crippen LogP contribution in [0.2, 0.25) is 0 Å². The minimum absolute atomic E-state index is 0.00364. The largest absolute Gasteiger partial charge is 0.494 e. The normalized spacial score (nSPS) is 17.2. The van der Waals surface area contributed by atoms with Gasteiger partial charge in [0.05, 0.1) is 30.2 Å². The zero-order valence-electron chi connectivity index (χ0n) is 24.6. The molecule has 1 saturated carbocycles. The number of hydrogen-bond donors (Lipinski definition) is 0. The summed E-state index contributed by atoms with van der Waals surface area (Å²) in [4.78, 5) is 30.1. The van der Waals surface area contributed by atoms with Crippen LogP contribution in [0.4, 0.5) is 0 Å². The molecule has 2 aromatic heterocycles. The molecule has 0 N–H and O–H groups in total. The Morgan fingerprint density at radius 2 is 1.93 bits per heavy atom. The number of aryl methyl sites for hydroxylation is 2. The average molecular weight is 566 g/mol. The topological polar surface area (TPSA) is 93.8 Å². The first kappa shape index (κ1) is 29.3. The van der Waals surface area contributed by atoms with Crippen LogP contribution in [0, 0.1) is 18.8 Å². The molecule has 2 aliphatic rings. The second-order valence-corrected chi connectivity index (χ2v) is 11.6. The van der Waals surface area contributed by atoms with Crippen molar-refractivity contribution in [2.45, 2.75) is 70.9 Å². The maximum absolute atomic E-state index is 12.7. The lowest BCUT2D eigenvalue weighted by Gasteiger charge is -2.23. The molecule has 1 aliphatic heterocycles. The Hall–Kier alpha value is -3.17. The van der Waals surface area contributed by atoms with Crippen molar-refractivity contribution >= 4 is 17.0 Å². The number of ether oxygens (including phenoxy) is 4. The monoisotopic (exact) mass is 565 g/mol. The summed E-state index contributed by atoms with van der Waals surface area (Å²) in [6, 6.07) is 7.97. The van der Waals surface area contributed by atoms with Crippen molar-refractivity contribution in [1.82, 2.24) is 14.1 Å². The van der Waals surface area contributed by atoms with Crippen LogP contribution >= 0.6 is 0 Å². The molecule has 5 rings (SSSR count). The van der Waals surface area contributed by atoms with Crippen LogP contribution in [-0.4, -0.2) is 59.7 Å². The maximum atomic E-state index is 12.7. The molecule has 0 bridgehead atoms. The van der Waals surface area contributed by atoms with Gasteiger partial charge in [0.1, 0.15) is 17.7 Å². The first-order valence-corrected chi connectivity index (χ1v) is 15.0. The van der Waals surface area contributed by atoms with E-state index in [2.05, 4.69) is 10.6 Å². The first-order chi connectivity index (χ1) is 19.9. The fourth-order valence-corrected chi connectivity index (χ4v) is 6.05. The van der Waals surface area contributed by atoms with Crippen molar-refractivity contribution in [3.8, 4) is 17.1 Å². The Morgan fingerprint density at radius 1 is 1.15 bits per heavy atom. The molecule has 3 heterocycles. The van der Waals surface area contributed by atoms with Gasteiger partial charge < -0.3 is 28.1 Å². The van der Waals surface area contributed by atoms with Crippen molar-refractivity contribution < 1.29 is 23.7 Å². The van der Waals surface area contributed by atoms with Crippen molar-refractivity contribution in [3.05, 3.63) is 46.4 Å². The first-order valence-electron chi connectivity index (χ1n) is 15.0. The molecule has 0 amide bonds. The van der Waals surface area contributed by atoms with E-state index in [4.69, 9.17) is 23.9 Å². The number of methoxy groups -OCH3 is 1. The zero-order valence-corrected chi connectivity index (χ0v) is 24.6. The van der Waals surface area contributed by atoms with E-state index in [9.17, 15) is 9.59 Å². The average Bonchev–Trinajstić information content (AvgIpc) is 3.61. The van der Waals surface area contributed by atoms with Crippen LogP contribution in [-0.2, 0) is 32.6 Å². The zero-order chi connectivity index (χ0) is 28.8. The standard InChI is InChI=1S/C32H43N3O6/c1-22-17-25(20-34(2)31(22)36)30-33-28-18-27(10-11-29(28)35(30)19-23-12-15-39-16-13-23)40-14-6-7-24(21-38-3)32(37)41-26-8-4-5-9-26/h10-11,17-18,20,23-24,26H,4-9,12-16,19,21H2,1-3H3/t24-/m0/s1. The highest BCUT2D eigenvalue weighted by Crippen LogP contribution is 2.30. The summed E-state index contributed by atoms with van der Waals surface area (Å²) in [5.74, 6) is 1.67. The summed E-state index contributed by atoms with van der Waals surface area (Å²) in [6.07, 6.45) is 9.51. The molecule has 0 radical (unpaired) electrons. The Morgan fingerprint density at radius 3 is 2.66 bits per heavy atom. The van der Waals surface area contributed by atoms with Crippen molar-refractivity contribution in [3.63, 3.8) is 0 Å². The van der Waals surface area contributed by atoms with Gasteiger partial charge in [-0.25, -0.2) is 4.98 Å². The van der Waals surface area contributed by atoms with Gasteiger partial charge in [-0.3, -0.25) is 9.59 Å². The van der Waals surface area contributed by atoms with E-state index in [1.807, 2.05) is 31.3 Å². The third kappa shape index (κ3) is 7.19. The van der Waals surface area contributed by atoms with E-state index >= 15 is 0 Å². The van der Waals surface area contributed by atoms with Crippen LogP contribution in [0.5, 0.6) is 5.75 Å². The molecular weight excluding hydrogens is 522 g/mol. The SMILES string of the molecule is COC[C@H](CCCOc1ccc2c(c1)nc(-c1cc(C)c(=O)n(C)c1)n2CC1CCOCC1)C(=O)OC1CCCC1. The van der Waals surface area contributed by atoms with Crippen LogP contribution in [0.3, 0.4) is 0 Å². The predicted octanol–water partition coefficient (Wildman–Crippen LogP) is 5.04. The van der Waals surface area contributed by atoms with Crippen molar-refractivity contribution in [2.24, 2.45) is 18.9 Å². The van der Waals surface area contributed by atoms with Gasteiger partial charge in [-0.1, -0.05) is 0 Å². The summed E-state index contributed by atoms with van der Waals surface area (Å²) in [7, 11) is 3.40. The van der Waals surface area contributed by atoms with Crippen LogP contribution in [0.1, 0.15) is 56.9 Å². The van der Waals surface area contributed by atoms with E-state index < -0.39 is 0 Å². The van der Waals surface area contributed by atoms with Gasteiger partial charge in [0.15, 0.2) is 0 Å². The van der Waals surface area contributed by atoms with Gasteiger partial charge >= 0.3 is 5.97 Å². The van der Waals surface area contributed by atoms with Gasteiger partial charge in [0.25, 0.3) is 5.56 Å². The number of rotatable bonds is 12. The number of benzene rings is 1. The highest BCUT2D eigenvalue weighted by Gasteiger charge is 2.25. The molecule has 1 saturated heterocycles. The summed E-state index contributed by atoms with van der Waals surface area (Å²) in [5.41, 5.74) is 3.51. The molecule has 1 aromatic carbocycles. The molecule has 2 fully saturated rings. The smallest absolute Gasteiger partial charge is 0.311 e. The molecule has 0 unspecified atom stereocenters. The van der Waals surface area contributed by atoms with Gasteiger partial charge in [0.2, 0.25) is 0 Å². The molecule has 222 valence electrons. The van der Waals surface area contributed by atoms with Crippen molar-refractivity contribution in [1.29, 1.82) is 0 Å². The molecule has 1 aliphatic carbocycles. The minimum Gasteiger partial charge on any atom is -0.494 e. The number of fused-ring (bicyclic) bond motifs is 1. The lowest BCUT2D eigenvalue weighted by atomic mass is 10.00. The fourth-order valence-electron chi connectivity index (χ4n) is 6.05. The number of nitrogens with zero attached hydrogens (tertiary/aromatic N) is 3. The lowest BCUT2D eigenvalue weighted by Crippen LogP contribution is -2.26. The third-order valence-corrected chi connectivity index (χ3v) is 8.37. The summed E-state index contributed by atoms with van der Waals surface area (Å²) >= 11 is 0. The second kappa shape index (κ2) is 13.7. The molecule has 0 spiro atoms. The minimum atomic E-state index is -0.277. The number of hydrogen-bond acceptors (Lipinski definition) is 7. The van der Waals surface area contributed by atoms with E-state index in [-0.39, 0.29) is 23.6 Å². The predicted molar refractivity (Wildman–Crippen MR) is 157 cm³/mol. The molecule has 3 aromatic rings. The third-order valence-electron chi connectivity index (χ3n) is 8.37. The molecular formula is C32H43N3O6. The van der Waals surface area contributed by atoms with Gasteiger partial charge in [-0.2, -0.15) is 0 Å². The van der Waals surface area contributed by atoms with Gasteiger partial charge in [-0.05, 0) is 82.4 Å². The highest BCUT2D eigenvalue weighted by molar-refractivity contribution is 5.82. The van der Waals surface area contributed by atoms with Crippen LogP contribution in [0.25, 0.3) is 22.4 Å². The second-order valence-electron chi connectivity index (χ2n) is 11.6. The van der Waals surface area contributed by atoms with E-state index in [1.54, 1.807) is 18.7 Å². The molecule has 1 atom stereocenters. The number of imidazole rings is 1. The Balaban J connectivity index is 1.29. The Kier molecular flexibility index (Phi) is 9.77. The quantitative estimate of drug-likeness (QED) is 0.224. The van der Waals surface area contributed by atoms with Gasteiger partial charge in [-0.15, -0.1) is 0 Å². The van der Waals surface area contributed by atoms with Crippen molar-refractivity contribution in [2.75, 3.05) is 33.5 Å². The lowest BCUT2D eigenvalue weighted by molar-refractivity contribution is -0.156. The highest BCUT2D eigenvalue weighted by atomic mass is 16.5. The van der Waals surface area contributed by atoms with Gasteiger partial charge in [0, 0.05) is 57.3 Å². The summed E-state index contributed by atoms with van der Waals surface area (Å²) < 4.78 is 26.6. The van der Waals surface area contributed by atoms with E-state index in [0.717, 1.165) is 86.5 Å². The Bertz CT molecular complexity index is 1360. The number of aromatic nitrogens is 3. The number of carbonyl (C=O) groups excluding carboxylic acids is 1.